The minimum absolute atomic E-state index is 0.142. The van der Waals surface area contributed by atoms with Crippen molar-refractivity contribution >= 4 is 68.5 Å². The van der Waals surface area contributed by atoms with E-state index in [2.05, 4.69) is 10.2 Å². The predicted molar refractivity (Wildman–Crippen MR) is 143 cm³/mol. The number of aliphatic hydroxyl groups is 1. The second kappa shape index (κ2) is 10.4. The number of carbonyl (C=O) groups is 2. The Bertz CT molecular complexity index is 1550. The highest BCUT2D eigenvalue weighted by molar-refractivity contribution is 8.00. The Morgan fingerprint density at radius 1 is 1.16 bits per heavy atom. The molecule has 1 unspecified atom stereocenters. The number of anilines is 1. The highest BCUT2D eigenvalue weighted by Gasteiger charge is 2.46. The van der Waals surface area contributed by atoms with Crippen LogP contribution in [0.4, 0.5) is 10.8 Å². The van der Waals surface area contributed by atoms with Crippen LogP contribution in [0.2, 0.25) is 5.02 Å². The number of non-ortho nitro benzene ring substituents is 1. The van der Waals surface area contributed by atoms with Crippen molar-refractivity contribution in [3.05, 3.63) is 109 Å². The highest BCUT2D eigenvalue weighted by atomic mass is 35.5. The molecule has 0 saturated carbocycles. The van der Waals surface area contributed by atoms with Gasteiger partial charge in [0.25, 0.3) is 11.6 Å². The maximum Gasteiger partial charge on any atom is 0.296 e. The van der Waals surface area contributed by atoms with Crippen LogP contribution in [0.5, 0.6) is 0 Å². The molecule has 1 atom stereocenters. The molecule has 3 heterocycles. The van der Waals surface area contributed by atoms with Crippen LogP contribution in [-0.4, -0.2) is 31.9 Å². The van der Waals surface area contributed by atoms with E-state index in [0.29, 0.717) is 20.0 Å². The summed E-state index contributed by atoms with van der Waals surface area (Å²) in [6.45, 7) is 0. The third kappa shape index (κ3) is 4.88. The Labute approximate surface area is 227 Å². The Morgan fingerprint density at radius 3 is 2.70 bits per heavy atom. The number of Topliss-reactive ketones (excluding diaryl/α,β-unsaturated/α-hetero) is 1. The van der Waals surface area contributed by atoms with E-state index in [0.717, 1.165) is 33.1 Å². The van der Waals surface area contributed by atoms with Crippen molar-refractivity contribution in [3.63, 3.8) is 0 Å². The maximum atomic E-state index is 13.4. The molecule has 13 heteroatoms. The van der Waals surface area contributed by atoms with Crippen molar-refractivity contribution in [1.29, 1.82) is 0 Å². The molecular weight excluding hydrogens is 556 g/mol. The zero-order valence-corrected chi connectivity index (χ0v) is 21.8. The maximum absolute atomic E-state index is 13.4. The number of amides is 1. The van der Waals surface area contributed by atoms with Gasteiger partial charge in [0.15, 0.2) is 10.1 Å². The molecular formula is C24H15ClN4O5S3. The van der Waals surface area contributed by atoms with Crippen molar-refractivity contribution in [2.45, 2.75) is 16.1 Å². The van der Waals surface area contributed by atoms with Gasteiger partial charge < -0.3 is 5.11 Å². The minimum atomic E-state index is -1.13. The number of hydrogen-bond acceptors (Lipinski definition) is 10. The number of carbonyl (C=O) groups excluding carboxylic acids is 2. The van der Waals surface area contributed by atoms with Gasteiger partial charge in [-0.2, -0.15) is 0 Å². The van der Waals surface area contributed by atoms with Gasteiger partial charge in [-0.25, -0.2) is 0 Å². The number of ketones is 1. The lowest BCUT2D eigenvalue weighted by atomic mass is 9.95. The molecule has 1 amide bonds. The van der Waals surface area contributed by atoms with E-state index in [-0.39, 0.29) is 22.0 Å². The molecule has 2 aromatic heterocycles. The van der Waals surface area contributed by atoms with E-state index in [4.69, 9.17) is 11.6 Å². The van der Waals surface area contributed by atoms with Gasteiger partial charge in [-0.15, -0.1) is 21.5 Å². The number of thioether (sulfide) groups is 1. The van der Waals surface area contributed by atoms with Crippen LogP contribution in [0.25, 0.3) is 0 Å². The van der Waals surface area contributed by atoms with Gasteiger partial charge in [0.05, 0.1) is 21.4 Å². The van der Waals surface area contributed by atoms with E-state index >= 15 is 0 Å². The van der Waals surface area contributed by atoms with Crippen LogP contribution in [0.15, 0.2) is 81.7 Å². The SMILES string of the molecule is O=C(C1=C(O)C(=O)N(c2nnc(SCc3ccccc3Cl)s2)C1c1cccc([N+](=O)[O-])c1)c1cccs1. The van der Waals surface area contributed by atoms with Crippen LogP contribution in [0.1, 0.15) is 26.8 Å². The number of thiophene rings is 1. The summed E-state index contributed by atoms with van der Waals surface area (Å²) in [5.41, 5.74) is 0.800. The first-order valence-corrected chi connectivity index (χ1v) is 13.7. The van der Waals surface area contributed by atoms with Gasteiger partial charge in [0.1, 0.15) is 0 Å². The number of halogens is 1. The second-order valence-electron chi connectivity index (χ2n) is 7.73. The second-order valence-corrected chi connectivity index (χ2v) is 11.3. The van der Waals surface area contributed by atoms with Crippen LogP contribution in [0, 0.1) is 10.1 Å². The summed E-state index contributed by atoms with van der Waals surface area (Å²) in [5.74, 6) is -1.59. The summed E-state index contributed by atoms with van der Waals surface area (Å²) >= 11 is 9.87. The topological polar surface area (TPSA) is 127 Å². The fraction of sp³-hybridized carbons (Fsp3) is 0.0833. The first kappa shape index (κ1) is 25.1. The minimum Gasteiger partial charge on any atom is -0.503 e. The first-order valence-electron chi connectivity index (χ1n) is 10.6. The Kier molecular flexibility index (Phi) is 7.07. The lowest BCUT2D eigenvalue weighted by Crippen LogP contribution is -2.31. The molecule has 37 heavy (non-hydrogen) atoms. The summed E-state index contributed by atoms with van der Waals surface area (Å²) in [6.07, 6.45) is 0. The Morgan fingerprint density at radius 2 is 1.97 bits per heavy atom. The summed E-state index contributed by atoms with van der Waals surface area (Å²) in [5, 5.41) is 33.0. The Hall–Kier alpha value is -3.58. The molecule has 5 rings (SSSR count). The predicted octanol–water partition coefficient (Wildman–Crippen LogP) is 6.24. The van der Waals surface area contributed by atoms with E-state index in [1.807, 2.05) is 18.2 Å². The molecule has 1 aliphatic rings. The number of benzene rings is 2. The van der Waals surface area contributed by atoms with E-state index in [1.54, 1.807) is 29.6 Å². The van der Waals surface area contributed by atoms with Crippen LogP contribution in [-0.2, 0) is 10.5 Å². The molecule has 0 fully saturated rings. The summed E-state index contributed by atoms with van der Waals surface area (Å²) in [6, 6.07) is 15.1. The molecule has 0 saturated heterocycles. The van der Waals surface area contributed by atoms with E-state index in [1.165, 1.54) is 30.0 Å². The Balaban J connectivity index is 1.53. The summed E-state index contributed by atoms with van der Waals surface area (Å²) < 4.78 is 0.540. The van der Waals surface area contributed by atoms with Crippen molar-refractivity contribution in [2.75, 3.05) is 4.90 Å². The quantitative estimate of drug-likeness (QED) is 0.0867. The number of aromatic nitrogens is 2. The van der Waals surface area contributed by atoms with Gasteiger partial charge in [-0.3, -0.25) is 24.6 Å². The summed E-state index contributed by atoms with van der Waals surface area (Å²) in [4.78, 5) is 39.0. The van der Waals surface area contributed by atoms with Gasteiger partial charge in [-0.05, 0) is 28.6 Å². The zero-order chi connectivity index (χ0) is 26.1. The lowest BCUT2D eigenvalue weighted by Gasteiger charge is -2.23. The first-order chi connectivity index (χ1) is 17.8. The third-order valence-corrected chi connectivity index (χ3v) is 8.85. The fourth-order valence-electron chi connectivity index (χ4n) is 3.81. The van der Waals surface area contributed by atoms with Crippen molar-refractivity contribution in [1.82, 2.24) is 10.2 Å². The summed E-state index contributed by atoms with van der Waals surface area (Å²) in [7, 11) is 0. The molecule has 1 aliphatic heterocycles. The molecule has 186 valence electrons. The number of rotatable bonds is 8. The molecule has 0 bridgehead atoms. The van der Waals surface area contributed by atoms with Crippen molar-refractivity contribution in [3.8, 4) is 0 Å². The molecule has 0 aliphatic carbocycles. The average Bonchev–Trinajstić information content (AvgIpc) is 3.64. The third-order valence-electron chi connectivity index (χ3n) is 5.51. The molecule has 0 spiro atoms. The van der Waals surface area contributed by atoms with Gasteiger partial charge >= 0.3 is 0 Å². The average molecular weight is 571 g/mol. The zero-order valence-electron chi connectivity index (χ0n) is 18.6. The van der Waals surface area contributed by atoms with E-state index < -0.39 is 28.4 Å². The number of nitrogens with zero attached hydrogens (tertiary/aromatic N) is 4. The van der Waals surface area contributed by atoms with Crippen molar-refractivity contribution in [2.24, 2.45) is 0 Å². The largest absolute Gasteiger partial charge is 0.503 e. The normalized spacial score (nSPS) is 15.4. The smallest absolute Gasteiger partial charge is 0.296 e. The molecule has 4 aromatic rings. The van der Waals surface area contributed by atoms with Crippen LogP contribution in [0.3, 0.4) is 0 Å². The monoisotopic (exact) mass is 570 g/mol. The van der Waals surface area contributed by atoms with Gasteiger partial charge in [0, 0.05) is 22.9 Å². The van der Waals surface area contributed by atoms with Gasteiger partial charge in [0.2, 0.25) is 10.9 Å². The number of nitro groups is 1. The standard InChI is InChI=1S/C24H15ClN4O5S3/c25-16-8-2-1-5-14(16)12-36-24-27-26-23(37-24)28-19(13-6-3-7-15(11-13)29(33)34)18(21(31)22(28)32)20(30)17-9-4-10-35-17/h1-11,19,31H,12H2. The number of hydrogen-bond donors (Lipinski definition) is 1. The van der Waals surface area contributed by atoms with Crippen molar-refractivity contribution < 1.29 is 19.6 Å². The number of aliphatic hydroxyl groups excluding tert-OH is 1. The molecule has 1 N–H and O–H groups in total. The van der Waals surface area contributed by atoms with E-state index in [9.17, 15) is 24.8 Å². The van der Waals surface area contributed by atoms with Gasteiger partial charge in [-0.1, -0.05) is 71.1 Å². The molecule has 2 aromatic carbocycles. The molecule has 9 nitrogen and oxygen atoms in total. The lowest BCUT2D eigenvalue weighted by molar-refractivity contribution is -0.384. The molecule has 0 radical (unpaired) electrons. The number of nitro benzene ring substituents is 1. The highest BCUT2D eigenvalue weighted by Crippen LogP contribution is 2.44. The van der Waals surface area contributed by atoms with Crippen LogP contribution < -0.4 is 4.90 Å². The fourth-order valence-corrected chi connectivity index (χ4v) is 6.64. The van der Waals surface area contributed by atoms with Crippen LogP contribution >= 0.6 is 46.0 Å².